The van der Waals surface area contributed by atoms with Gasteiger partial charge in [0.1, 0.15) is 10.6 Å². The van der Waals surface area contributed by atoms with Crippen molar-refractivity contribution in [1.82, 2.24) is 9.78 Å². The van der Waals surface area contributed by atoms with Crippen molar-refractivity contribution in [2.75, 3.05) is 0 Å². The number of azo groups is 1. The maximum absolute atomic E-state index is 12.6. The van der Waals surface area contributed by atoms with Gasteiger partial charge in [-0.1, -0.05) is 48.0 Å². The van der Waals surface area contributed by atoms with Crippen molar-refractivity contribution in [2.24, 2.45) is 15.4 Å². The fourth-order valence-corrected chi connectivity index (χ4v) is 3.62. The summed E-state index contributed by atoms with van der Waals surface area (Å²) in [5, 5.41) is 15.0. The van der Waals surface area contributed by atoms with Gasteiger partial charge in [-0.25, -0.2) is 18.7 Å². The van der Waals surface area contributed by atoms with Crippen molar-refractivity contribution in [2.45, 2.75) is 4.90 Å². The number of hydrogen-bond acceptors (Lipinski definition) is 5. The third kappa shape index (κ3) is 3.83. The van der Waals surface area contributed by atoms with Crippen LogP contribution in [0.3, 0.4) is 0 Å². The highest BCUT2D eigenvalue weighted by molar-refractivity contribution is 7.89. The highest BCUT2D eigenvalue weighted by Gasteiger charge is 2.18. The van der Waals surface area contributed by atoms with E-state index in [4.69, 9.17) is 34.9 Å². The number of sulfonamides is 1. The van der Waals surface area contributed by atoms with Gasteiger partial charge in [-0.15, -0.1) is 5.11 Å². The molecule has 142 valence electrons. The molecule has 0 aliphatic heterocycles. The van der Waals surface area contributed by atoms with Gasteiger partial charge in [-0.2, -0.15) is 9.80 Å². The number of nitrogens with zero attached hydrogens (tertiary/aromatic N) is 4. The number of nitrogens with one attached hydrogen (secondary N) is 1. The van der Waals surface area contributed by atoms with Gasteiger partial charge in [0.25, 0.3) is 5.82 Å². The summed E-state index contributed by atoms with van der Waals surface area (Å²) in [6.45, 7) is 7.23. The summed E-state index contributed by atoms with van der Waals surface area (Å²) in [5.74, 6) is -0.124. The Balaban J connectivity index is 2.07. The summed E-state index contributed by atoms with van der Waals surface area (Å²) in [5.41, 5.74) is -0.315. The number of hydrogen-bond donors (Lipinski definition) is 2. The van der Waals surface area contributed by atoms with Crippen molar-refractivity contribution in [3.8, 4) is 5.69 Å². The Morgan fingerprint density at radius 2 is 1.79 bits per heavy atom. The molecule has 0 atom stereocenters. The molecule has 0 aliphatic carbocycles. The lowest BCUT2D eigenvalue weighted by Crippen LogP contribution is -2.13. The summed E-state index contributed by atoms with van der Waals surface area (Å²) in [6.07, 6.45) is 0. The third-order valence-electron chi connectivity index (χ3n) is 3.54. The second-order valence-corrected chi connectivity index (χ2v) is 7.72. The molecule has 3 N–H and O–H groups in total. The Morgan fingerprint density at radius 1 is 1.11 bits per heavy atom. The van der Waals surface area contributed by atoms with Gasteiger partial charge in [-0.3, -0.25) is 4.79 Å². The van der Waals surface area contributed by atoms with E-state index in [2.05, 4.69) is 20.2 Å². The zero-order chi connectivity index (χ0) is 20.5. The van der Waals surface area contributed by atoms with Crippen LogP contribution in [0.2, 0.25) is 10.0 Å². The summed E-state index contributed by atoms with van der Waals surface area (Å²) in [6, 6.07) is 10.8. The Bertz CT molecular complexity index is 1290. The van der Waals surface area contributed by atoms with Gasteiger partial charge in [0.05, 0.1) is 15.7 Å². The molecule has 0 radical (unpaired) electrons. The van der Waals surface area contributed by atoms with Crippen LogP contribution in [0.15, 0.2) is 62.4 Å². The van der Waals surface area contributed by atoms with E-state index in [0.717, 1.165) is 16.8 Å². The molecule has 0 saturated heterocycles. The molecule has 1 aromatic heterocycles. The maximum Gasteiger partial charge on any atom is 0.303 e. The third-order valence-corrected chi connectivity index (χ3v) is 5.22. The zero-order valence-corrected chi connectivity index (χ0v) is 16.1. The minimum Gasteiger partial charge on any atom is -0.360 e. The topological polar surface area (TPSA) is 127 Å². The molecule has 0 fully saturated rings. The van der Waals surface area contributed by atoms with Crippen LogP contribution in [0.4, 0.5) is 17.2 Å². The SMILES string of the molecule is [C-]#[N+]c1[nH]n(-c2ccccc2)c(=O)c1N=Nc1cc(Cl)c(S(N)(=O)=O)cc1Cl. The fourth-order valence-electron chi connectivity index (χ4n) is 2.26. The van der Waals surface area contributed by atoms with Crippen LogP contribution in [0.1, 0.15) is 0 Å². The lowest BCUT2D eigenvalue weighted by molar-refractivity contribution is 0.598. The summed E-state index contributed by atoms with van der Waals surface area (Å²) >= 11 is 11.9. The van der Waals surface area contributed by atoms with E-state index in [1.807, 2.05) is 0 Å². The molecule has 0 amide bonds. The van der Waals surface area contributed by atoms with Crippen molar-refractivity contribution < 1.29 is 8.42 Å². The number of H-pyrrole nitrogens is 1. The van der Waals surface area contributed by atoms with Crippen LogP contribution in [0, 0.1) is 6.57 Å². The van der Waals surface area contributed by atoms with Gasteiger partial charge >= 0.3 is 5.56 Å². The van der Waals surface area contributed by atoms with Gasteiger partial charge in [-0.05, 0) is 24.3 Å². The van der Waals surface area contributed by atoms with Gasteiger partial charge in [0.15, 0.2) is 5.69 Å². The Morgan fingerprint density at radius 3 is 2.39 bits per heavy atom. The first-order valence-electron chi connectivity index (χ1n) is 7.44. The Kier molecular flexibility index (Phi) is 5.35. The number of nitrogens with two attached hydrogens (primary N) is 1. The quantitative estimate of drug-likeness (QED) is 0.471. The molecule has 9 nitrogen and oxygen atoms in total. The van der Waals surface area contributed by atoms with Crippen LogP contribution in [-0.4, -0.2) is 18.2 Å². The van der Waals surface area contributed by atoms with E-state index in [0.29, 0.717) is 5.69 Å². The van der Waals surface area contributed by atoms with E-state index in [9.17, 15) is 13.2 Å². The largest absolute Gasteiger partial charge is 0.360 e. The highest BCUT2D eigenvalue weighted by atomic mass is 35.5. The summed E-state index contributed by atoms with van der Waals surface area (Å²) in [4.78, 5) is 15.5. The molecule has 0 saturated carbocycles. The van der Waals surface area contributed by atoms with Gasteiger partial charge < -0.3 is 4.85 Å². The molecular formula is C16H10Cl2N6O3S. The standard InChI is InChI=1S/C16H10Cl2N6O3S/c1-20-15-14(16(25)24(23-15)9-5-3-2-4-6-9)22-21-12-7-11(18)13(8-10(12)17)28(19,26)27/h2-8,23H,(H2,19,26,27). The number of aromatic nitrogens is 2. The molecule has 28 heavy (non-hydrogen) atoms. The first kappa shape index (κ1) is 19.8. The van der Waals surface area contributed by atoms with Crippen LogP contribution in [-0.2, 0) is 10.0 Å². The molecule has 2 aromatic carbocycles. The number of para-hydroxylation sites is 1. The van der Waals surface area contributed by atoms with E-state index >= 15 is 0 Å². The van der Waals surface area contributed by atoms with Crippen LogP contribution >= 0.6 is 23.2 Å². The van der Waals surface area contributed by atoms with Crippen molar-refractivity contribution in [1.29, 1.82) is 0 Å². The predicted octanol–water partition coefficient (Wildman–Crippen LogP) is 4.09. The number of aromatic amines is 1. The lowest BCUT2D eigenvalue weighted by atomic mass is 10.3. The van der Waals surface area contributed by atoms with Crippen LogP contribution in [0.25, 0.3) is 10.5 Å². The molecule has 0 spiro atoms. The minimum absolute atomic E-state index is 0.00172. The second-order valence-electron chi connectivity index (χ2n) is 5.38. The van der Waals surface area contributed by atoms with E-state index in [-0.39, 0.29) is 32.1 Å². The number of primary sulfonamides is 1. The molecule has 12 heteroatoms. The van der Waals surface area contributed by atoms with E-state index < -0.39 is 15.6 Å². The molecule has 3 rings (SSSR count). The molecule has 0 aliphatic rings. The predicted molar refractivity (Wildman–Crippen MR) is 105 cm³/mol. The smallest absolute Gasteiger partial charge is 0.303 e. The van der Waals surface area contributed by atoms with Gasteiger partial charge in [0, 0.05) is 0 Å². The van der Waals surface area contributed by atoms with E-state index in [1.165, 1.54) is 0 Å². The lowest BCUT2D eigenvalue weighted by Gasteiger charge is -2.04. The number of halogens is 2. The highest BCUT2D eigenvalue weighted by Crippen LogP contribution is 2.34. The first-order valence-corrected chi connectivity index (χ1v) is 9.74. The average molecular weight is 437 g/mol. The number of benzene rings is 2. The molecule has 1 heterocycles. The Hall–Kier alpha value is -2.97. The summed E-state index contributed by atoms with van der Waals surface area (Å²) in [7, 11) is -4.07. The number of rotatable bonds is 4. The van der Waals surface area contributed by atoms with Crippen molar-refractivity contribution in [3.63, 3.8) is 0 Å². The van der Waals surface area contributed by atoms with Crippen LogP contribution in [0.5, 0.6) is 0 Å². The van der Waals surface area contributed by atoms with Crippen molar-refractivity contribution in [3.05, 3.63) is 74.3 Å². The van der Waals surface area contributed by atoms with Crippen LogP contribution < -0.4 is 10.7 Å². The zero-order valence-electron chi connectivity index (χ0n) is 13.8. The monoisotopic (exact) mass is 436 g/mol. The molecular weight excluding hydrogens is 427 g/mol. The van der Waals surface area contributed by atoms with Gasteiger partial charge in [0.2, 0.25) is 10.0 Å². The molecule has 0 bridgehead atoms. The summed E-state index contributed by atoms with van der Waals surface area (Å²) < 4.78 is 24.1. The average Bonchev–Trinajstić information content (AvgIpc) is 2.97. The molecule has 0 unspecified atom stereocenters. The minimum atomic E-state index is -4.07. The normalized spacial score (nSPS) is 11.6. The van der Waals surface area contributed by atoms with Crippen molar-refractivity contribution >= 4 is 50.4 Å². The maximum atomic E-state index is 12.6. The van der Waals surface area contributed by atoms with E-state index in [1.54, 1.807) is 30.3 Å². The fraction of sp³-hybridized carbons (Fsp3) is 0. The first-order chi connectivity index (χ1) is 13.2. The Labute approximate surface area is 168 Å². The molecule has 3 aromatic rings. The second kappa shape index (κ2) is 7.57.